The summed E-state index contributed by atoms with van der Waals surface area (Å²) in [4.78, 5) is 12.3. The molecule has 1 N–H and O–H groups in total. The summed E-state index contributed by atoms with van der Waals surface area (Å²) < 4.78 is 2.47. The molecule has 0 radical (unpaired) electrons. The first kappa shape index (κ1) is 15.5. The van der Waals surface area contributed by atoms with E-state index >= 15 is 0 Å². The Hall–Kier alpha value is -0.910. The highest BCUT2D eigenvalue weighted by Gasteiger charge is 2.15. The Kier molecular flexibility index (Phi) is 5.18. The number of nitrogens with zero attached hydrogens (tertiary/aromatic N) is 1. The van der Waals surface area contributed by atoms with Gasteiger partial charge in [-0.15, -0.1) is 0 Å². The van der Waals surface area contributed by atoms with Gasteiger partial charge in [-0.05, 0) is 62.8 Å². The average molecular weight is 506 g/mol. The average Bonchev–Trinajstić information content (AvgIpc) is 2.43. The van der Waals surface area contributed by atoms with E-state index in [-0.39, 0.29) is 5.91 Å². The SMILES string of the molecule is N#Cc1ccccc1NC(=O)c1cc(Br)cc(Br)c1I. The number of anilines is 1. The highest BCUT2D eigenvalue weighted by atomic mass is 127. The van der Waals surface area contributed by atoms with Crippen LogP contribution in [0.1, 0.15) is 15.9 Å². The molecule has 3 nitrogen and oxygen atoms in total. The Morgan fingerprint density at radius 2 is 1.95 bits per heavy atom. The molecule has 0 aliphatic heterocycles. The topological polar surface area (TPSA) is 52.9 Å². The molecule has 0 spiro atoms. The zero-order chi connectivity index (χ0) is 14.7. The molecule has 2 aromatic carbocycles. The molecule has 0 bridgehead atoms. The second-order valence-corrected chi connectivity index (χ2v) is 6.71. The molecule has 0 saturated heterocycles. The minimum absolute atomic E-state index is 0.251. The molecule has 6 heteroatoms. The maximum absolute atomic E-state index is 12.3. The molecular formula is C14H7Br2IN2O. The van der Waals surface area contributed by atoms with Crippen molar-refractivity contribution in [1.29, 1.82) is 5.26 Å². The quantitative estimate of drug-likeness (QED) is 0.464. The molecule has 0 heterocycles. The fourth-order valence-corrected chi connectivity index (χ4v) is 3.38. The molecule has 0 unspecified atom stereocenters. The number of hydrogen-bond acceptors (Lipinski definition) is 2. The van der Waals surface area contributed by atoms with Crippen molar-refractivity contribution in [2.45, 2.75) is 0 Å². The Morgan fingerprint density at radius 3 is 2.65 bits per heavy atom. The molecule has 0 aliphatic carbocycles. The van der Waals surface area contributed by atoms with Crippen LogP contribution in [0.4, 0.5) is 5.69 Å². The van der Waals surface area contributed by atoms with Crippen molar-refractivity contribution in [3.8, 4) is 6.07 Å². The molecule has 2 rings (SSSR count). The summed E-state index contributed by atoms with van der Waals surface area (Å²) >= 11 is 8.88. The van der Waals surface area contributed by atoms with Gasteiger partial charge in [0.05, 0.1) is 16.8 Å². The molecule has 0 fully saturated rings. The Balaban J connectivity index is 2.36. The van der Waals surface area contributed by atoms with E-state index in [1.807, 2.05) is 6.07 Å². The highest BCUT2D eigenvalue weighted by Crippen LogP contribution is 2.28. The smallest absolute Gasteiger partial charge is 0.256 e. The van der Waals surface area contributed by atoms with Gasteiger partial charge < -0.3 is 5.32 Å². The molecular weight excluding hydrogens is 499 g/mol. The van der Waals surface area contributed by atoms with E-state index in [0.717, 1.165) is 12.5 Å². The number of nitriles is 1. The van der Waals surface area contributed by atoms with Crippen molar-refractivity contribution in [3.05, 3.63) is 60.0 Å². The molecule has 2 aromatic rings. The highest BCUT2D eigenvalue weighted by molar-refractivity contribution is 14.1. The van der Waals surface area contributed by atoms with Crippen LogP contribution in [-0.4, -0.2) is 5.91 Å². The van der Waals surface area contributed by atoms with Gasteiger partial charge in [-0.2, -0.15) is 5.26 Å². The maximum atomic E-state index is 12.3. The normalized spacial score (nSPS) is 9.90. The van der Waals surface area contributed by atoms with Crippen molar-refractivity contribution >= 4 is 66.0 Å². The number of carbonyl (C=O) groups excluding carboxylic acids is 1. The van der Waals surface area contributed by atoms with E-state index in [1.165, 1.54) is 0 Å². The fraction of sp³-hybridized carbons (Fsp3) is 0. The summed E-state index contributed by atoms with van der Waals surface area (Å²) in [6.07, 6.45) is 0. The minimum Gasteiger partial charge on any atom is -0.321 e. The van der Waals surface area contributed by atoms with Crippen LogP contribution in [0.5, 0.6) is 0 Å². The van der Waals surface area contributed by atoms with Crippen molar-refractivity contribution in [2.75, 3.05) is 5.32 Å². The van der Waals surface area contributed by atoms with Crippen molar-refractivity contribution in [3.63, 3.8) is 0 Å². The number of carbonyl (C=O) groups is 1. The molecule has 1 amide bonds. The molecule has 0 saturated carbocycles. The first-order valence-corrected chi connectivity index (χ1v) is 8.14. The van der Waals surface area contributed by atoms with Gasteiger partial charge in [0.2, 0.25) is 0 Å². The van der Waals surface area contributed by atoms with Crippen molar-refractivity contribution in [1.82, 2.24) is 0 Å². The fourth-order valence-electron chi connectivity index (χ4n) is 1.60. The Bertz CT molecular complexity index is 726. The number of para-hydroxylation sites is 1. The molecule has 0 atom stereocenters. The molecule has 20 heavy (non-hydrogen) atoms. The summed E-state index contributed by atoms with van der Waals surface area (Å²) in [7, 11) is 0. The van der Waals surface area contributed by atoms with Crippen LogP contribution in [0.15, 0.2) is 45.3 Å². The minimum atomic E-state index is -0.251. The van der Waals surface area contributed by atoms with E-state index in [0.29, 0.717) is 16.8 Å². The van der Waals surface area contributed by atoms with Crippen molar-refractivity contribution < 1.29 is 4.79 Å². The van der Waals surface area contributed by atoms with Crippen LogP contribution < -0.4 is 5.32 Å². The zero-order valence-electron chi connectivity index (χ0n) is 9.95. The predicted molar refractivity (Wildman–Crippen MR) is 93.7 cm³/mol. The number of halogens is 3. The van der Waals surface area contributed by atoms with Gasteiger partial charge in [0.1, 0.15) is 6.07 Å². The van der Waals surface area contributed by atoms with Gasteiger partial charge >= 0.3 is 0 Å². The largest absolute Gasteiger partial charge is 0.321 e. The standard InChI is InChI=1S/C14H7Br2IN2O/c15-9-5-10(13(17)11(16)6-9)14(20)19-12-4-2-1-3-8(12)7-18/h1-6H,(H,19,20). The molecule has 0 aromatic heterocycles. The summed E-state index contributed by atoms with van der Waals surface area (Å²) in [5.41, 5.74) is 1.48. The zero-order valence-corrected chi connectivity index (χ0v) is 15.3. The van der Waals surface area contributed by atoms with Gasteiger partial charge in [-0.1, -0.05) is 28.1 Å². The van der Waals surface area contributed by atoms with Crippen LogP contribution in [0.25, 0.3) is 0 Å². The number of amides is 1. The van der Waals surface area contributed by atoms with Gasteiger partial charge in [-0.25, -0.2) is 0 Å². The van der Waals surface area contributed by atoms with Crippen LogP contribution in [0.2, 0.25) is 0 Å². The second-order valence-electron chi connectivity index (χ2n) is 3.86. The Labute approximate surface area is 146 Å². The Morgan fingerprint density at radius 1 is 1.25 bits per heavy atom. The molecule has 0 aliphatic rings. The van der Waals surface area contributed by atoms with Crippen LogP contribution in [0, 0.1) is 14.9 Å². The lowest BCUT2D eigenvalue weighted by Gasteiger charge is -2.10. The number of benzene rings is 2. The third-order valence-electron chi connectivity index (χ3n) is 2.53. The first-order chi connectivity index (χ1) is 9.52. The van der Waals surface area contributed by atoms with E-state index < -0.39 is 0 Å². The van der Waals surface area contributed by atoms with Crippen LogP contribution in [-0.2, 0) is 0 Å². The maximum Gasteiger partial charge on any atom is 0.256 e. The van der Waals surface area contributed by atoms with E-state index in [9.17, 15) is 4.79 Å². The number of rotatable bonds is 2. The summed E-state index contributed by atoms with van der Waals surface area (Å²) in [5, 5.41) is 11.8. The van der Waals surface area contributed by atoms with Gasteiger partial charge in [0, 0.05) is 12.5 Å². The third kappa shape index (κ3) is 3.40. The van der Waals surface area contributed by atoms with E-state index in [2.05, 4.69) is 65.8 Å². The summed E-state index contributed by atoms with van der Waals surface area (Å²) in [5.74, 6) is -0.251. The van der Waals surface area contributed by atoms with Gasteiger partial charge in [0.25, 0.3) is 5.91 Å². The number of nitrogens with one attached hydrogen (secondary N) is 1. The summed E-state index contributed by atoms with van der Waals surface area (Å²) in [6.45, 7) is 0. The van der Waals surface area contributed by atoms with Crippen molar-refractivity contribution in [2.24, 2.45) is 0 Å². The van der Waals surface area contributed by atoms with Gasteiger partial charge in [-0.3, -0.25) is 4.79 Å². The lowest BCUT2D eigenvalue weighted by atomic mass is 10.1. The lowest BCUT2D eigenvalue weighted by Crippen LogP contribution is -2.14. The second kappa shape index (κ2) is 6.70. The van der Waals surface area contributed by atoms with Gasteiger partial charge in [0.15, 0.2) is 0 Å². The monoisotopic (exact) mass is 504 g/mol. The predicted octanol–water partition coefficient (Wildman–Crippen LogP) is 4.94. The van der Waals surface area contributed by atoms with Crippen LogP contribution >= 0.6 is 54.5 Å². The lowest BCUT2D eigenvalue weighted by molar-refractivity contribution is 0.102. The van der Waals surface area contributed by atoms with E-state index in [1.54, 1.807) is 30.3 Å². The van der Waals surface area contributed by atoms with Crippen LogP contribution in [0.3, 0.4) is 0 Å². The third-order valence-corrected chi connectivity index (χ3v) is 5.52. The summed E-state index contributed by atoms with van der Waals surface area (Å²) in [6, 6.07) is 12.6. The first-order valence-electron chi connectivity index (χ1n) is 5.48. The molecule has 100 valence electrons. The number of hydrogen-bond donors (Lipinski definition) is 1. The van der Waals surface area contributed by atoms with E-state index in [4.69, 9.17) is 5.26 Å².